The number of allylic oxidation sites excluding steroid dienone is 1. The third-order valence-corrected chi connectivity index (χ3v) is 5.59. The summed E-state index contributed by atoms with van der Waals surface area (Å²) in [6.45, 7) is 3.66. The van der Waals surface area contributed by atoms with Crippen LogP contribution in [0, 0.1) is 15.6 Å². The second-order valence-electron chi connectivity index (χ2n) is 5.39. The molecule has 1 N–H and O–H groups in total. The molecule has 11 heteroatoms. The minimum atomic E-state index is -0.935. The average molecular weight is 473 g/mol. The first-order valence-electron chi connectivity index (χ1n) is 7.46. The molecule has 3 rings (SSSR count). The molecule has 1 aromatic carbocycles. The molecule has 0 aliphatic heterocycles. The van der Waals surface area contributed by atoms with Crippen LogP contribution in [0.3, 0.4) is 0 Å². The van der Waals surface area contributed by atoms with Crippen molar-refractivity contribution in [3.05, 3.63) is 61.5 Å². The Hall–Kier alpha value is -2.24. The number of thiazole rings is 1. The highest BCUT2D eigenvalue weighted by molar-refractivity contribution is 9.10. The third-order valence-electron chi connectivity index (χ3n) is 3.54. The first kappa shape index (κ1) is 19.5. The largest absolute Gasteiger partial charge is 0.321 e. The second-order valence-corrected chi connectivity index (χ2v) is 7.89. The molecule has 0 fully saturated rings. The van der Waals surface area contributed by atoms with Crippen molar-refractivity contribution in [3.63, 3.8) is 0 Å². The minimum Gasteiger partial charge on any atom is -0.321 e. The van der Waals surface area contributed by atoms with Crippen molar-refractivity contribution < 1.29 is 13.6 Å². The first-order chi connectivity index (χ1) is 12.8. The van der Waals surface area contributed by atoms with E-state index < -0.39 is 29.6 Å². The molecule has 0 saturated heterocycles. The Balaban J connectivity index is 1.90. The van der Waals surface area contributed by atoms with Gasteiger partial charge in [-0.1, -0.05) is 17.4 Å². The molecular formula is C16H11BrF2N4O2S2. The molecule has 0 aliphatic rings. The zero-order valence-corrected chi connectivity index (χ0v) is 16.8. The summed E-state index contributed by atoms with van der Waals surface area (Å²) in [6, 6.07) is 1.67. The fourth-order valence-electron chi connectivity index (χ4n) is 2.37. The Morgan fingerprint density at radius 3 is 2.85 bits per heavy atom. The summed E-state index contributed by atoms with van der Waals surface area (Å²) in [5.74, 6) is -2.39. The topological polar surface area (TPSA) is 68.9 Å². The van der Waals surface area contributed by atoms with Gasteiger partial charge in [-0.05, 0) is 34.2 Å². The van der Waals surface area contributed by atoms with E-state index in [0.29, 0.717) is 26.9 Å². The number of hydrogen-bond donors (Lipinski definition) is 1. The van der Waals surface area contributed by atoms with Crippen molar-refractivity contribution in [2.24, 2.45) is 0 Å². The van der Waals surface area contributed by atoms with E-state index in [1.54, 1.807) is 10.6 Å². The molecule has 3 aromatic rings. The quantitative estimate of drug-likeness (QED) is 0.452. The molecule has 27 heavy (non-hydrogen) atoms. The molecule has 0 spiro atoms. The molecule has 0 saturated carbocycles. The Morgan fingerprint density at radius 2 is 2.19 bits per heavy atom. The SMILES string of the molecule is C=CCn1c(=S)sc2c(=O)n(CC(=O)Nc3c(F)cc(F)cc3Br)cnc21. The number of halogens is 3. The van der Waals surface area contributed by atoms with E-state index >= 15 is 0 Å². The zero-order valence-electron chi connectivity index (χ0n) is 13.5. The molecule has 0 aliphatic carbocycles. The Bertz CT molecular complexity index is 1160. The molecule has 2 aromatic heterocycles. The van der Waals surface area contributed by atoms with Crippen molar-refractivity contribution in [2.75, 3.05) is 5.32 Å². The molecular weight excluding hydrogens is 462 g/mol. The van der Waals surface area contributed by atoms with Crippen LogP contribution < -0.4 is 10.9 Å². The highest BCUT2D eigenvalue weighted by atomic mass is 79.9. The molecule has 0 atom stereocenters. The van der Waals surface area contributed by atoms with E-state index in [-0.39, 0.29) is 10.2 Å². The maximum absolute atomic E-state index is 13.8. The molecule has 6 nitrogen and oxygen atoms in total. The average Bonchev–Trinajstić information content (AvgIpc) is 2.91. The number of carbonyl (C=O) groups excluding carboxylic acids is 1. The summed E-state index contributed by atoms with van der Waals surface area (Å²) in [5, 5.41) is 2.32. The molecule has 1 amide bonds. The van der Waals surface area contributed by atoms with Gasteiger partial charge in [-0.3, -0.25) is 14.2 Å². The van der Waals surface area contributed by atoms with Crippen LogP contribution in [-0.4, -0.2) is 20.0 Å². The first-order valence-corrected chi connectivity index (χ1v) is 9.47. The number of fused-ring (bicyclic) bond motifs is 1. The fourth-order valence-corrected chi connectivity index (χ4v) is 4.19. The van der Waals surface area contributed by atoms with Gasteiger partial charge in [0.2, 0.25) is 5.91 Å². The molecule has 2 heterocycles. The summed E-state index contributed by atoms with van der Waals surface area (Å²) in [7, 11) is 0. The maximum Gasteiger partial charge on any atom is 0.273 e. The van der Waals surface area contributed by atoms with Crippen LogP contribution in [0.1, 0.15) is 0 Å². The van der Waals surface area contributed by atoms with Crippen LogP contribution >= 0.6 is 39.5 Å². The number of nitrogens with zero attached hydrogens (tertiary/aromatic N) is 3. The van der Waals surface area contributed by atoms with Gasteiger partial charge in [0.05, 0.1) is 5.69 Å². The molecule has 0 bridgehead atoms. The van der Waals surface area contributed by atoms with E-state index in [1.165, 1.54) is 6.33 Å². The van der Waals surface area contributed by atoms with E-state index in [1.807, 2.05) is 0 Å². The lowest BCUT2D eigenvalue weighted by Crippen LogP contribution is -2.28. The summed E-state index contributed by atoms with van der Waals surface area (Å²) in [5.41, 5.74) is -0.233. The number of aromatic nitrogens is 3. The van der Waals surface area contributed by atoms with Crippen LogP contribution in [0.4, 0.5) is 14.5 Å². The fraction of sp³-hybridized carbons (Fsp3) is 0.125. The van der Waals surface area contributed by atoms with Gasteiger partial charge in [-0.25, -0.2) is 13.8 Å². The highest BCUT2D eigenvalue weighted by Gasteiger charge is 2.16. The highest BCUT2D eigenvalue weighted by Crippen LogP contribution is 2.26. The summed E-state index contributed by atoms with van der Waals surface area (Å²) >= 11 is 9.30. The van der Waals surface area contributed by atoms with Gasteiger partial charge in [-0.2, -0.15) is 0 Å². The Labute approximate surface area is 168 Å². The van der Waals surface area contributed by atoms with Crippen molar-refractivity contribution in [1.82, 2.24) is 14.1 Å². The number of rotatable bonds is 5. The van der Waals surface area contributed by atoms with Gasteiger partial charge in [0.1, 0.15) is 23.4 Å². The number of hydrogen-bond acceptors (Lipinski definition) is 5. The summed E-state index contributed by atoms with van der Waals surface area (Å²) < 4.78 is 30.6. The number of nitrogens with one attached hydrogen (secondary N) is 1. The molecule has 140 valence electrons. The minimum absolute atomic E-state index is 0.0498. The zero-order chi connectivity index (χ0) is 19.7. The van der Waals surface area contributed by atoms with Gasteiger partial charge in [-0.15, -0.1) is 6.58 Å². The van der Waals surface area contributed by atoms with E-state index in [0.717, 1.165) is 22.0 Å². The van der Waals surface area contributed by atoms with Gasteiger partial charge >= 0.3 is 0 Å². The lowest BCUT2D eigenvalue weighted by atomic mass is 10.3. The van der Waals surface area contributed by atoms with Crippen molar-refractivity contribution in [1.29, 1.82) is 0 Å². The predicted octanol–water partition coefficient (Wildman–Crippen LogP) is 3.85. The number of carbonyl (C=O) groups is 1. The number of amides is 1. The van der Waals surface area contributed by atoms with Crippen molar-refractivity contribution in [2.45, 2.75) is 13.1 Å². The molecule has 0 unspecified atom stereocenters. The second kappa shape index (κ2) is 7.79. The third kappa shape index (κ3) is 3.89. The number of benzene rings is 1. The molecule has 0 radical (unpaired) electrons. The van der Waals surface area contributed by atoms with Gasteiger partial charge < -0.3 is 9.88 Å². The van der Waals surface area contributed by atoms with E-state index in [9.17, 15) is 18.4 Å². The van der Waals surface area contributed by atoms with Gasteiger partial charge in [0.25, 0.3) is 5.56 Å². The lowest BCUT2D eigenvalue weighted by molar-refractivity contribution is -0.116. The van der Waals surface area contributed by atoms with Crippen molar-refractivity contribution >= 4 is 61.4 Å². The summed E-state index contributed by atoms with van der Waals surface area (Å²) in [4.78, 5) is 29.0. The van der Waals surface area contributed by atoms with Crippen molar-refractivity contribution in [3.8, 4) is 0 Å². The van der Waals surface area contributed by atoms with Crippen LogP contribution in [0.25, 0.3) is 10.3 Å². The smallest absolute Gasteiger partial charge is 0.273 e. The summed E-state index contributed by atoms with van der Waals surface area (Å²) in [6.07, 6.45) is 2.86. The Kier molecular flexibility index (Phi) is 5.63. The Morgan fingerprint density at radius 1 is 1.44 bits per heavy atom. The van der Waals surface area contributed by atoms with Gasteiger partial charge in [0, 0.05) is 17.1 Å². The normalized spacial score (nSPS) is 10.9. The standard InChI is InChI=1S/C16H11BrF2N4O2S2/c1-2-3-23-14-13(27-16(23)26)15(25)22(7-20-14)6-11(24)21-12-9(17)4-8(18)5-10(12)19/h2,4-5,7H,1,3,6H2,(H,21,24). The monoisotopic (exact) mass is 472 g/mol. The maximum atomic E-state index is 13.8. The van der Waals surface area contributed by atoms with Gasteiger partial charge in [0.15, 0.2) is 15.4 Å². The predicted molar refractivity (Wildman–Crippen MR) is 106 cm³/mol. The van der Waals surface area contributed by atoms with E-state index in [4.69, 9.17) is 12.2 Å². The van der Waals surface area contributed by atoms with Crippen LogP contribution in [0.5, 0.6) is 0 Å². The van der Waals surface area contributed by atoms with E-state index in [2.05, 4.69) is 32.8 Å². The lowest BCUT2D eigenvalue weighted by Gasteiger charge is -2.10. The number of anilines is 1. The van der Waals surface area contributed by atoms with Crippen LogP contribution in [0.2, 0.25) is 0 Å². The van der Waals surface area contributed by atoms with Crippen LogP contribution in [0.15, 0.2) is 40.4 Å². The van der Waals surface area contributed by atoms with Crippen LogP contribution in [-0.2, 0) is 17.9 Å².